The average Bonchev–Trinajstić information content (AvgIpc) is 2.39. The summed E-state index contributed by atoms with van der Waals surface area (Å²) in [4.78, 5) is 0. The van der Waals surface area contributed by atoms with Gasteiger partial charge in [0.25, 0.3) is 0 Å². The molecule has 1 saturated heterocycles. The fraction of sp³-hybridized carbons (Fsp3) is 0.571. The summed E-state index contributed by atoms with van der Waals surface area (Å²) in [5.41, 5.74) is 1.32. The molecule has 0 bridgehead atoms. The molecule has 0 aromatic heterocycles. The van der Waals surface area contributed by atoms with Crippen LogP contribution in [0.2, 0.25) is 0 Å². The summed E-state index contributed by atoms with van der Waals surface area (Å²) in [6.45, 7) is 1.000. The zero-order valence-electron chi connectivity index (χ0n) is 10.4. The fourth-order valence-corrected chi connectivity index (χ4v) is 3.10. The van der Waals surface area contributed by atoms with Crippen molar-refractivity contribution in [2.45, 2.75) is 25.4 Å². The largest absolute Gasteiger partial charge is 0.489 e. The highest BCUT2D eigenvalue weighted by Gasteiger charge is 2.16. The minimum absolute atomic E-state index is 0.407. The van der Waals surface area contributed by atoms with E-state index in [0.29, 0.717) is 6.10 Å². The Bertz CT molecular complexity index is 337. The highest BCUT2D eigenvalue weighted by Crippen LogP contribution is 2.25. The first-order chi connectivity index (χ1) is 8.40. The molecule has 0 saturated carbocycles. The maximum Gasteiger partial charge on any atom is 0.122 e. The van der Waals surface area contributed by atoms with E-state index in [1.807, 2.05) is 18.8 Å². The molecule has 17 heavy (non-hydrogen) atoms. The van der Waals surface area contributed by atoms with Gasteiger partial charge in [-0.25, -0.2) is 0 Å². The van der Waals surface area contributed by atoms with E-state index in [1.165, 1.54) is 24.2 Å². The molecule has 1 aliphatic rings. The van der Waals surface area contributed by atoms with E-state index < -0.39 is 0 Å². The zero-order valence-corrected chi connectivity index (χ0v) is 11.3. The minimum Gasteiger partial charge on any atom is -0.489 e. The molecule has 1 unspecified atom stereocenters. The molecule has 2 rings (SSSR count). The van der Waals surface area contributed by atoms with E-state index >= 15 is 0 Å². The van der Waals surface area contributed by atoms with Crippen LogP contribution in [0.15, 0.2) is 24.3 Å². The summed E-state index contributed by atoms with van der Waals surface area (Å²) >= 11 is 2.01. The molecule has 2 nitrogen and oxygen atoms in total. The first-order valence-electron chi connectivity index (χ1n) is 6.37. The van der Waals surface area contributed by atoms with Gasteiger partial charge >= 0.3 is 0 Å². The maximum absolute atomic E-state index is 6.13. The van der Waals surface area contributed by atoms with Crippen molar-refractivity contribution in [2.75, 3.05) is 25.1 Å². The Labute approximate surface area is 108 Å². The summed E-state index contributed by atoms with van der Waals surface area (Å²) in [6.07, 6.45) is 3.93. The van der Waals surface area contributed by atoms with Gasteiger partial charge in [0.15, 0.2) is 0 Å². The van der Waals surface area contributed by atoms with Crippen LogP contribution in [0.25, 0.3) is 0 Å². The molecule has 1 aliphatic heterocycles. The standard InChI is InChI=1S/C14H21NOS/c1-15-9-8-12-5-2-3-7-14(12)16-13-6-4-10-17-11-13/h2-3,5,7,13,15H,4,6,8-11H2,1H3. The lowest BCUT2D eigenvalue weighted by molar-refractivity contribution is 0.209. The predicted octanol–water partition coefficient (Wildman–Crippen LogP) is 2.72. The summed E-state index contributed by atoms with van der Waals surface area (Å²) in [5, 5.41) is 3.19. The fourth-order valence-electron chi connectivity index (χ4n) is 2.07. The number of hydrogen-bond donors (Lipinski definition) is 1. The van der Waals surface area contributed by atoms with Crippen LogP contribution in [-0.4, -0.2) is 31.2 Å². The van der Waals surface area contributed by atoms with Gasteiger partial charge in [0, 0.05) is 5.75 Å². The molecule has 1 heterocycles. The monoisotopic (exact) mass is 251 g/mol. The Morgan fingerprint density at radius 1 is 1.41 bits per heavy atom. The minimum atomic E-state index is 0.407. The van der Waals surface area contributed by atoms with E-state index in [-0.39, 0.29) is 0 Å². The van der Waals surface area contributed by atoms with Crippen LogP contribution < -0.4 is 10.1 Å². The summed E-state index contributed by atoms with van der Waals surface area (Å²) in [6, 6.07) is 8.43. The van der Waals surface area contributed by atoms with Crippen LogP contribution in [0.3, 0.4) is 0 Å². The summed E-state index contributed by atoms with van der Waals surface area (Å²) in [5.74, 6) is 3.51. The van der Waals surface area contributed by atoms with E-state index in [0.717, 1.165) is 24.5 Å². The highest BCUT2D eigenvalue weighted by molar-refractivity contribution is 7.99. The van der Waals surface area contributed by atoms with Gasteiger partial charge in [-0.2, -0.15) is 11.8 Å². The van der Waals surface area contributed by atoms with Crippen molar-refractivity contribution in [3.8, 4) is 5.75 Å². The number of ether oxygens (including phenoxy) is 1. The van der Waals surface area contributed by atoms with Gasteiger partial charge in [0.05, 0.1) is 0 Å². The van der Waals surface area contributed by atoms with Crippen LogP contribution >= 0.6 is 11.8 Å². The molecule has 1 aromatic carbocycles. The van der Waals surface area contributed by atoms with E-state index in [1.54, 1.807) is 0 Å². The molecule has 0 spiro atoms. The number of likely N-dealkylation sites (N-methyl/N-ethyl adjacent to an activating group) is 1. The maximum atomic E-state index is 6.13. The predicted molar refractivity (Wildman–Crippen MR) is 75.0 cm³/mol. The van der Waals surface area contributed by atoms with Crippen molar-refractivity contribution in [1.82, 2.24) is 5.32 Å². The van der Waals surface area contributed by atoms with Crippen LogP contribution in [0, 0.1) is 0 Å². The lowest BCUT2D eigenvalue weighted by atomic mass is 10.1. The molecule has 0 amide bonds. The van der Waals surface area contributed by atoms with Crippen molar-refractivity contribution in [3.63, 3.8) is 0 Å². The van der Waals surface area contributed by atoms with E-state index in [4.69, 9.17) is 4.74 Å². The quantitative estimate of drug-likeness (QED) is 0.869. The highest BCUT2D eigenvalue weighted by atomic mass is 32.2. The molecule has 0 aliphatic carbocycles. The normalized spacial score (nSPS) is 20.2. The van der Waals surface area contributed by atoms with Crippen LogP contribution in [0.4, 0.5) is 0 Å². The second-order valence-corrected chi connectivity index (χ2v) is 5.57. The van der Waals surface area contributed by atoms with E-state index in [9.17, 15) is 0 Å². The van der Waals surface area contributed by atoms with Gasteiger partial charge in [0.1, 0.15) is 11.9 Å². The van der Waals surface area contributed by atoms with Gasteiger partial charge in [-0.3, -0.25) is 0 Å². The molecule has 1 aromatic rings. The molecule has 1 fully saturated rings. The molecule has 1 N–H and O–H groups in total. The molecule has 1 atom stereocenters. The summed E-state index contributed by atoms with van der Waals surface area (Å²) in [7, 11) is 1.99. The van der Waals surface area contributed by atoms with Crippen molar-refractivity contribution >= 4 is 11.8 Å². The number of benzene rings is 1. The lowest BCUT2D eigenvalue weighted by Gasteiger charge is -2.24. The van der Waals surface area contributed by atoms with Crippen LogP contribution in [0.1, 0.15) is 18.4 Å². The molecular weight excluding hydrogens is 230 g/mol. The first kappa shape index (κ1) is 12.8. The number of hydrogen-bond acceptors (Lipinski definition) is 3. The number of para-hydroxylation sites is 1. The van der Waals surface area contributed by atoms with Gasteiger partial charge in [-0.05, 0) is 50.2 Å². The Morgan fingerprint density at radius 2 is 2.29 bits per heavy atom. The zero-order chi connectivity index (χ0) is 11.9. The molecule has 94 valence electrons. The first-order valence-corrected chi connectivity index (χ1v) is 7.52. The lowest BCUT2D eigenvalue weighted by Crippen LogP contribution is -2.24. The third-order valence-corrected chi connectivity index (χ3v) is 4.21. The van der Waals surface area contributed by atoms with Crippen molar-refractivity contribution in [3.05, 3.63) is 29.8 Å². The van der Waals surface area contributed by atoms with Crippen molar-refractivity contribution in [1.29, 1.82) is 0 Å². The SMILES string of the molecule is CNCCc1ccccc1OC1CCCSC1. The number of nitrogens with one attached hydrogen (secondary N) is 1. The second-order valence-electron chi connectivity index (χ2n) is 4.42. The van der Waals surface area contributed by atoms with Crippen LogP contribution in [0.5, 0.6) is 5.75 Å². The van der Waals surface area contributed by atoms with Crippen molar-refractivity contribution in [2.24, 2.45) is 0 Å². The molecule has 0 radical (unpaired) electrons. The Morgan fingerprint density at radius 3 is 3.06 bits per heavy atom. The average molecular weight is 251 g/mol. The second kappa shape index (κ2) is 6.92. The topological polar surface area (TPSA) is 21.3 Å². The summed E-state index contributed by atoms with van der Waals surface area (Å²) < 4.78 is 6.13. The van der Waals surface area contributed by atoms with Crippen molar-refractivity contribution < 1.29 is 4.74 Å². The van der Waals surface area contributed by atoms with E-state index in [2.05, 4.69) is 29.6 Å². The molecule has 3 heteroatoms. The Kier molecular flexibility index (Phi) is 5.20. The van der Waals surface area contributed by atoms with Gasteiger partial charge in [-0.1, -0.05) is 18.2 Å². The third kappa shape index (κ3) is 3.93. The van der Waals surface area contributed by atoms with Crippen LogP contribution in [-0.2, 0) is 6.42 Å². The third-order valence-electron chi connectivity index (χ3n) is 3.03. The molecular formula is C14H21NOS. The number of thioether (sulfide) groups is 1. The van der Waals surface area contributed by atoms with Gasteiger partial charge in [-0.15, -0.1) is 0 Å². The number of rotatable bonds is 5. The smallest absolute Gasteiger partial charge is 0.122 e. The van der Waals surface area contributed by atoms with Gasteiger partial charge in [0.2, 0.25) is 0 Å². The Hall–Kier alpha value is -0.670. The van der Waals surface area contributed by atoms with Gasteiger partial charge < -0.3 is 10.1 Å². The Balaban J connectivity index is 1.98.